The van der Waals surface area contributed by atoms with Gasteiger partial charge in [0.05, 0.1) is 17.1 Å². The molecular formula is C22H19N3O. The molecule has 0 spiro atoms. The molecule has 4 aromatic rings. The maximum absolute atomic E-state index is 12.8. The zero-order valence-electron chi connectivity index (χ0n) is 14.4. The van der Waals surface area contributed by atoms with E-state index in [2.05, 4.69) is 0 Å². The maximum atomic E-state index is 12.8. The number of nitrogen functional groups attached to an aromatic ring is 1. The molecule has 0 bridgehead atoms. The Balaban J connectivity index is 2.19. The third kappa shape index (κ3) is 2.61. The van der Waals surface area contributed by atoms with Gasteiger partial charge < -0.3 is 11.5 Å². The standard InChI is InChI=1S/C22H19N3O/c1-13(23)22(26)17-6-4-8-19-21(17)20(14-9-11-15(24)12-10-14)16-5-2-3-7-18(16)25-19/h2-13H,23-24H2,1H3. The Bertz CT molecular complexity index is 1130. The molecule has 0 radical (unpaired) electrons. The molecule has 26 heavy (non-hydrogen) atoms. The highest BCUT2D eigenvalue weighted by Crippen LogP contribution is 2.37. The van der Waals surface area contributed by atoms with Crippen LogP contribution in [0.25, 0.3) is 32.9 Å². The summed E-state index contributed by atoms with van der Waals surface area (Å²) in [6.45, 7) is 1.71. The van der Waals surface area contributed by atoms with Gasteiger partial charge in [-0.2, -0.15) is 0 Å². The van der Waals surface area contributed by atoms with Crippen LogP contribution < -0.4 is 11.5 Å². The molecule has 3 aromatic carbocycles. The SMILES string of the molecule is CC(N)C(=O)c1cccc2nc3ccccc3c(-c3ccc(N)cc3)c12. The van der Waals surface area contributed by atoms with Crippen molar-refractivity contribution >= 4 is 33.3 Å². The van der Waals surface area contributed by atoms with Crippen LogP contribution in [0.3, 0.4) is 0 Å². The van der Waals surface area contributed by atoms with E-state index in [1.165, 1.54) is 0 Å². The number of pyridine rings is 1. The van der Waals surface area contributed by atoms with Gasteiger partial charge in [-0.1, -0.05) is 42.5 Å². The Morgan fingerprint density at radius 3 is 2.35 bits per heavy atom. The number of ketones is 1. The molecular weight excluding hydrogens is 322 g/mol. The summed E-state index contributed by atoms with van der Waals surface area (Å²) in [7, 11) is 0. The fourth-order valence-electron chi connectivity index (χ4n) is 3.34. The highest BCUT2D eigenvalue weighted by atomic mass is 16.1. The molecule has 0 aliphatic rings. The number of hydrogen-bond donors (Lipinski definition) is 2. The van der Waals surface area contributed by atoms with E-state index in [0.29, 0.717) is 11.3 Å². The van der Waals surface area contributed by atoms with Crippen molar-refractivity contribution < 1.29 is 4.79 Å². The second-order valence-electron chi connectivity index (χ2n) is 6.48. The molecule has 0 fully saturated rings. The van der Waals surface area contributed by atoms with Crippen LogP contribution in [0, 0.1) is 0 Å². The van der Waals surface area contributed by atoms with Crippen LogP contribution >= 0.6 is 0 Å². The van der Waals surface area contributed by atoms with E-state index < -0.39 is 6.04 Å². The zero-order valence-corrected chi connectivity index (χ0v) is 14.4. The van der Waals surface area contributed by atoms with Crippen molar-refractivity contribution in [2.24, 2.45) is 5.73 Å². The van der Waals surface area contributed by atoms with Gasteiger partial charge in [-0.3, -0.25) is 4.79 Å². The van der Waals surface area contributed by atoms with Crippen molar-refractivity contribution in [1.29, 1.82) is 0 Å². The fourth-order valence-corrected chi connectivity index (χ4v) is 3.34. The topological polar surface area (TPSA) is 82.0 Å². The van der Waals surface area contributed by atoms with Crippen molar-refractivity contribution in [2.45, 2.75) is 13.0 Å². The van der Waals surface area contributed by atoms with Gasteiger partial charge in [-0.05, 0) is 36.8 Å². The smallest absolute Gasteiger partial charge is 0.179 e. The molecule has 0 saturated carbocycles. The summed E-state index contributed by atoms with van der Waals surface area (Å²) in [6.07, 6.45) is 0. The van der Waals surface area contributed by atoms with E-state index in [0.717, 1.165) is 32.9 Å². The first kappa shape index (κ1) is 16.2. The van der Waals surface area contributed by atoms with Gasteiger partial charge in [0.25, 0.3) is 0 Å². The van der Waals surface area contributed by atoms with E-state index in [4.69, 9.17) is 16.5 Å². The van der Waals surface area contributed by atoms with Gasteiger partial charge in [0, 0.05) is 27.6 Å². The van der Waals surface area contributed by atoms with Crippen molar-refractivity contribution in [3.63, 3.8) is 0 Å². The Hall–Kier alpha value is -3.24. The van der Waals surface area contributed by atoms with Gasteiger partial charge in [0.2, 0.25) is 0 Å². The monoisotopic (exact) mass is 341 g/mol. The highest BCUT2D eigenvalue weighted by Gasteiger charge is 2.19. The molecule has 1 aromatic heterocycles. The number of anilines is 1. The summed E-state index contributed by atoms with van der Waals surface area (Å²) in [4.78, 5) is 17.5. The van der Waals surface area contributed by atoms with Crippen molar-refractivity contribution in [3.05, 3.63) is 72.3 Å². The summed E-state index contributed by atoms with van der Waals surface area (Å²) in [6, 6.07) is 20.7. The van der Waals surface area contributed by atoms with Crippen LogP contribution in [0.4, 0.5) is 5.69 Å². The number of carbonyl (C=O) groups excluding carboxylic acids is 1. The van der Waals surface area contributed by atoms with Crippen molar-refractivity contribution in [2.75, 3.05) is 5.73 Å². The van der Waals surface area contributed by atoms with Crippen molar-refractivity contribution in [3.8, 4) is 11.1 Å². The molecule has 0 aliphatic heterocycles. The predicted molar refractivity (Wildman–Crippen MR) is 107 cm³/mol. The molecule has 0 amide bonds. The number of aromatic nitrogens is 1. The van der Waals surface area contributed by atoms with Crippen LogP contribution in [0.2, 0.25) is 0 Å². The molecule has 128 valence electrons. The number of rotatable bonds is 3. The highest BCUT2D eigenvalue weighted by molar-refractivity contribution is 6.19. The fraction of sp³-hybridized carbons (Fsp3) is 0.0909. The largest absolute Gasteiger partial charge is 0.399 e. The van der Waals surface area contributed by atoms with Crippen LogP contribution in [0.1, 0.15) is 17.3 Å². The quantitative estimate of drug-likeness (QED) is 0.333. The molecule has 1 heterocycles. The number of Topliss-reactive ketones (excluding diaryl/α,β-unsaturated/α-hetero) is 1. The summed E-state index contributed by atoms with van der Waals surface area (Å²) in [5.41, 5.74) is 16.7. The van der Waals surface area contributed by atoms with Crippen LogP contribution in [-0.2, 0) is 0 Å². The summed E-state index contributed by atoms with van der Waals surface area (Å²) in [5.74, 6) is -0.0932. The molecule has 4 N–H and O–H groups in total. The Kier molecular flexibility index (Phi) is 3.90. The van der Waals surface area contributed by atoms with Gasteiger partial charge in [-0.25, -0.2) is 4.98 Å². The summed E-state index contributed by atoms with van der Waals surface area (Å²) in [5, 5.41) is 1.83. The third-order valence-electron chi connectivity index (χ3n) is 4.59. The van der Waals surface area contributed by atoms with Crippen molar-refractivity contribution in [1.82, 2.24) is 4.98 Å². The summed E-state index contributed by atoms with van der Waals surface area (Å²) < 4.78 is 0. The first-order chi connectivity index (χ1) is 12.6. The van der Waals surface area contributed by atoms with Gasteiger partial charge in [-0.15, -0.1) is 0 Å². The third-order valence-corrected chi connectivity index (χ3v) is 4.59. The normalized spacial score (nSPS) is 12.4. The van der Waals surface area contributed by atoms with Crippen LogP contribution in [-0.4, -0.2) is 16.8 Å². The predicted octanol–water partition coefficient (Wildman–Crippen LogP) is 4.17. The molecule has 4 rings (SSSR count). The molecule has 0 saturated heterocycles. The first-order valence-corrected chi connectivity index (χ1v) is 8.53. The number of hydrogen-bond acceptors (Lipinski definition) is 4. The lowest BCUT2D eigenvalue weighted by molar-refractivity contribution is 0.0969. The summed E-state index contributed by atoms with van der Waals surface area (Å²) >= 11 is 0. The zero-order chi connectivity index (χ0) is 18.3. The number of para-hydroxylation sites is 1. The van der Waals surface area contributed by atoms with Gasteiger partial charge in [0.1, 0.15) is 0 Å². The molecule has 4 nitrogen and oxygen atoms in total. The van der Waals surface area contributed by atoms with Gasteiger partial charge >= 0.3 is 0 Å². The average Bonchev–Trinajstić information content (AvgIpc) is 2.66. The molecule has 1 atom stereocenters. The van der Waals surface area contributed by atoms with E-state index in [1.807, 2.05) is 66.7 Å². The minimum Gasteiger partial charge on any atom is -0.399 e. The van der Waals surface area contributed by atoms with E-state index in [-0.39, 0.29) is 5.78 Å². The van der Waals surface area contributed by atoms with E-state index in [1.54, 1.807) is 6.92 Å². The minimum atomic E-state index is -0.577. The Labute approximate surface area is 151 Å². The second-order valence-corrected chi connectivity index (χ2v) is 6.48. The number of carbonyl (C=O) groups is 1. The average molecular weight is 341 g/mol. The lowest BCUT2D eigenvalue weighted by atomic mass is 9.91. The van der Waals surface area contributed by atoms with E-state index in [9.17, 15) is 4.79 Å². The lowest BCUT2D eigenvalue weighted by Crippen LogP contribution is -2.26. The van der Waals surface area contributed by atoms with Gasteiger partial charge in [0.15, 0.2) is 5.78 Å². The Morgan fingerprint density at radius 1 is 0.923 bits per heavy atom. The maximum Gasteiger partial charge on any atom is 0.179 e. The van der Waals surface area contributed by atoms with E-state index >= 15 is 0 Å². The van der Waals surface area contributed by atoms with Crippen LogP contribution in [0.5, 0.6) is 0 Å². The number of nitrogens with two attached hydrogens (primary N) is 2. The second kappa shape index (κ2) is 6.24. The number of nitrogens with zero attached hydrogens (tertiary/aromatic N) is 1. The number of fused-ring (bicyclic) bond motifs is 2. The molecule has 4 heteroatoms. The number of benzene rings is 3. The lowest BCUT2D eigenvalue weighted by Gasteiger charge is -2.15. The molecule has 0 aliphatic carbocycles. The molecule has 1 unspecified atom stereocenters. The first-order valence-electron chi connectivity index (χ1n) is 8.53. The Morgan fingerprint density at radius 2 is 1.62 bits per heavy atom. The van der Waals surface area contributed by atoms with Crippen LogP contribution in [0.15, 0.2) is 66.7 Å². The minimum absolute atomic E-state index is 0.0932.